The molecule has 0 amide bonds. The van der Waals surface area contributed by atoms with E-state index in [1.165, 1.54) is 18.5 Å². The van der Waals surface area contributed by atoms with E-state index in [-0.39, 0.29) is 6.04 Å². The number of halogens is 2. The van der Waals surface area contributed by atoms with Crippen molar-refractivity contribution in [2.24, 2.45) is 0 Å². The number of benzene rings is 1. The molecule has 0 spiro atoms. The van der Waals surface area contributed by atoms with Gasteiger partial charge in [0.05, 0.1) is 5.69 Å². The summed E-state index contributed by atoms with van der Waals surface area (Å²) in [4.78, 5) is 10.5. The molecule has 1 aliphatic carbocycles. The van der Waals surface area contributed by atoms with Gasteiger partial charge in [-0.15, -0.1) is 0 Å². The number of hydrogen-bond donors (Lipinski definition) is 0. The summed E-state index contributed by atoms with van der Waals surface area (Å²) in [6, 6.07) is 3.93. The topological polar surface area (TPSA) is 55.1 Å². The number of aryl methyl sites for hydroxylation is 1. The van der Waals surface area contributed by atoms with E-state index in [1.54, 1.807) is 0 Å². The van der Waals surface area contributed by atoms with Gasteiger partial charge in [0, 0.05) is 24.2 Å². The van der Waals surface area contributed by atoms with Crippen LogP contribution < -0.4 is 4.90 Å². The van der Waals surface area contributed by atoms with Gasteiger partial charge in [0.1, 0.15) is 29.2 Å². The monoisotopic (exact) mass is 316 g/mol. The first kappa shape index (κ1) is 14.0. The van der Waals surface area contributed by atoms with E-state index >= 15 is 0 Å². The molecule has 0 unspecified atom stereocenters. The first-order chi connectivity index (χ1) is 11.1. The van der Waals surface area contributed by atoms with Gasteiger partial charge in [-0.2, -0.15) is 4.98 Å². The van der Waals surface area contributed by atoms with E-state index in [0.717, 1.165) is 24.3 Å². The summed E-state index contributed by atoms with van der Waals surface area (Å²) >= 11 is 0. The zero-order chi connectivity index (χ0) is 16.0. The van der Waals surface area contributed by atoms with E-state index < -0.39 is 11.6 Å². The number of aromatic nitrogens is 3. The van der Waals surface area contributed by atoms with Gasteiger partial charge in [-0.1, -0.05) is 11.2 Å². The van der Waals surface area contributed by atoms with Crippen molar-refractivity contribution in [2.45, 2.75) is 32.4 Å². The Labute approximate surface area is 130 Å². The summed E-state index contributed by atoms with van der Waals surface area (Å²) in [7, 11) is 0. The van der Waals surface area contributed by atoms with Crippen molar-refractivity contribution in [1.29, 1.82) is 0 Å². The average molecular weight is 316 g/mol. The summed E-state index contributed by atoms with van der Waals surface area (Å²) in [5, 5.41) is 4.66. The lowest BCUT2D eigenvalue weighted by atomic mass is 10.1. The van der Waals surface area contributed by atoms with Gasteiger partial charge in [0.15, 0.2) is 0 Å². The molecule has 118 valence electrons. The first-order valence-electron chi connectivity index (χ1n) is 7.41. The molecule has 5 nitrogen and oxygen atoms in total. The second-order valence-electron chi connectivity index (χ2n) is 5.74. The molecule has 0 N–H and O–H groups in total. The normalized spacial score (nSPS) is 14.4. The maximum Gasteiger partial charge on any atom is 0.263 e. The third kappa shape index (κ3) is 2.52. The molecule has 2 aromatic heterocycles. The Kier molecular flexibility index (Phi) is 3.21. The highest BCUT2D eigenvalue weighted by Crippen LogP contribution is 2.36. The van der Waals surface area contributed by atoms with Crippen LogP contribution in [-0.4, -0.2) is 21.2 Å². The molecule has 1 saturated carbocycles. The second-order valence-corrected chi connectivity index (χ2v) is 5.74. The molecular formula is C16H14F2N4O. The second kappa shape index (κ2) is 5.26. The molecule has 7 heteroatoms. The van der Waals surface area contributed by atoms with Gasteiger partial charge in [-0.3, -0.25) is 0 Å². The smallest absolute Gasteiger partial charge is 0.263 e. The van der Waals surface area contributed by atoms with E-state index in [0.29, 0.717) is 29.3 Å². The zero-order valence-electron chi connectivity index (χ0n) is 12.5. The van der Waals surface area contributed by atoms with Crippen molar-refractivity contribution in [3.63, 3.8) is 0 Å². The molecule has 4 rings (SSSR count). The first-order valence-corrected chi connectivity index (χ1v) is 7.41. The quantitative estimate of drug-likeness (QED) is 0.738. The Morgan fingerprint density at radius 2 is 2.09 bits per heavy atom. The summed E-state index contributed by atoms with van der Waals surface area (Å²) in [5.74, 6) is -0.452. The predicted molar refractivity (Wildman–Crippen MR) is 79.9 cm³/mol. The highest BCUT2D eigenvalue weighted by Gasteiger charge is 2.32. The van der Waals surface area contributed by atoms with Crippen LogP contribution in [0.25, 0.3) is 11.1 Å². The highest BCUT2D eigenvalue weighted by atomic mass is 19.1. The minimum Gasteiger partial charge on any atom is -0.348 e. The molecule has 0 bridgehead atoms. The van der Waals surface area contributed by atoms with Crippen molar-refractivity contribution in [2.75, 3.05) is 4.90 Å². The van der Waals surface area contributed by atoms with Crippen LogP contribution >= 0.6 is 0 Å². The van der Waals surface area contributed by atoms with Crippen molar-refractivity contribution in [3.05, 3.63) is 47.4 Å². The van der Waals surface area contributed by atoms with Crippen LogP contribution in [0.5, 0.6) is 0 Å². The Balaban J connectivity index is 1.77. The molecule has 23 heavy (non-hydrogen) atoms. The minimum absolute atomic E-state index is 0.284. The van der Waals surface area contributed by atoms with Crippen LogP contribution in [0, 0.1) is 18.6 Å². The molecule has 1 aromatic carbocycles. The van der Waals surface area contributed by atoms with Gasteiger partial charge in [0.2, 0.25) is 0 Å². The van der Waals surface area contributed by atoms with Gasteiger partial charge >= 0.3 is 0 Å². The molecule has 1 fully saturated rings. The summed E-state index contributed by atoms with van der Waals surface area (Å²) in [6.07, 6.45) is 3.44. The van der Waals surface area contributed by atoms with Gasteiger partial charge < -0.3 is 9.42 Å². The molecule has 1 aliphatic rings. The van der Waals surface area contributed by atoms with Crippen molar-refractivity contribution >= 4 is 16.9 Å². The zero-order valence-corrected chi connectivity index (χ0v) is 12.5. The summed E-state index contributed by atoms with van der Waals surface area (Å²) in [5.41, 5.74) is 1.54. The van der Waals surface area contributed by atoms with Crippen LogP contribution in [0.4, 0.5) is 14.6 Å². The maximum absolute atomic E-state index is 14.0. The Morgan fingerprint density at radius 1 is 1.26 bits per heavy atom. The third-order valence-corrected chi connectivity index (χ3v) is 4.04. The Bertz CT molecular complexity index is 876. The van der Waals surface area contributed by atoms with Crippen LogP contribution in [0.2, 0.25) is 0 Å². The third-order valence-electron chi connectivity index (χ3n) is 4.04. The number of fused-ring (bicyclic) bond motifs is 1. The fraction of sp³-hybridized carbons (Fsp3) is 0.312. The van der Waals surface area contributed by atoms with Crippen LogP contribution in [0.15, 0.2) is 29.0 Å². The SMILES string of the molecule is Cc1noc2ncnc(N(Cc3ccc(F)cc3F)C3CC3)c12. The fourth-order valence-electron chi connectivity index (χ4n) is 2.72. The highest BCUT2D eigenvalue weighted by molar-refractivity contribution is 5.88. The van der Waals surface area contributed by atoms with Crippen LogP contribution in [-0.2, 0) is 6.54 Å². The van der Waals surface area contributed by atoms with E-state index in [9.17, 15) is 8.78 Å². The Morgan fingerprint density at radius 3 is 2.83 bits per heavy atom. The number of anilines is 1. The minimum atomic E-state index is -0.580. The summed E-state index contributed by atoms with van der Waals surface area (Å²) < 4.78 is 32.3. The average Bonchev–Trinajstić information content (AvgIpc) is 3.30. The summed E-state index contributed by atoms with van der Waals surface area (Å²) in [6.45, 7) is 2.13. The number of nitrogens with zero attached hydrogens (tertiary/aromatic N) is 4. The standard InChI is InChI=1S/C16H14F2N4O/c1-9-14-15(19-8-20-16(14)23-21-9)22(12-4-5-12)7-10-2-3-11(17)6-13(10)18/h2-3,6,8,12H,4-5,7H2,1H3. The molecular weight excluding hydrogens is 302 g/mol. The van der Waals surface area contributed by atoms with Crippen molar-refractivity contribution in [1.82, 2.24) is 15.1 Å². The van der Waals surface area contributed by atoms with E-state index in [4.69, 9.17) is 4.52 Å². The predicted octanol–water partition coefficient (Wildman–Crippen LogP) is 3.37. The molecule has 0 aliphatic heterocycles. The molecule has 3 aromatic rings. The number of hydrogen-bond acceptors (Lipinski definition) is 5. The van der Waals surface area contributed by atoms with Crippen molar-refractivity contribution in [3.8, 4) is 0 Å². The van der Waals surface area contributed by atoms with Gasteiger partial charge in [-0.05, 0) is 25.8 Å². The van der Waals surface area contributed by atoms with Crippen LogP contribution in [0.1, 0.15) is 24.1 Å². The lowest BCUT2D eigenvalue weighted by Crippen LogP contribution is -2.27. The fourth-order valence-corrected chi connectivity index (χ4v) is 2.72. The van der Waals surface area contributed by atoms with Gasteiger partial charge in [-0.25, -0.2) is 13.8 Å². The maximum atomic E-state index is 14.0. The lowest BCUT2D eigenvalue weighted by molar-refractivity contribution is 0.442. The molecule has 2 heterocycles. The molecule has 0 saturated heterocycles. The number of rotatable bonds is 4. The van der Waals surface area contributed by atoms with E-state index in [1.807, 2.05) is 11.8 Å². The van der Waals surface area contributed by atoms with Gasteiger partial charge in [0.25, 0.3) is 5.71 Å². The lowest BCUT2D eigenvalue weighted by Gasteiger charge is -2.24. The van der Waals surface area contributed by atoms with E-state index in [2.05, 4.69) is 15.1 Å². The molecule has 0 radical (unpaired) electrons. The largest absolute Gasteiger partial charge is 0.348 e. The van der Waals surface area contributed by atoms with Crippen molar-refractivity contribution < 1.29 is 13.3 Å². The Hall–Kier alpha value is -2.57. The van der Waals surface area contributed by atoms with Crippen LogP contribution in [0.3, 0.4) is 0 Å². The molecule has 0 atom stereocenters.